The predicted molar refractivity (Wildman–Crippen MR) is 82.0 cm³/mol. The Morgan fingerprint density at radius 1 is 1.55 bits per heavy atom. The number of sulfone groups is 1. The third-order valence-electron chi connectivity index (χ3n) is 3.85. The number of nitrogens with zero attached hydrogens (tertiary/aromatic N) is 3. The molecule has 0 aliphatic carbocycles. The van der Waals surface area contributed by atoms with Crippen LogP contribution in [0.15, 0.2) is 10.6 Å². The Kier molecular flexibility index (Phi) is 5.23. The van der Waals surface area contributed by atoms with Crippen molar-refractivity contribution in [2.45, 2.75) is 32.9 Å². The molecule has 1 aromatic heterocycles. The number of carbonyl (C=O) groups excluding carboxylic acids is 1. The zero-order chi connectivity index (χ0) is 16.3. The van der Waals surface area contributed by atoms with Gasteiger partial charge in [-0.2, -0.15) is 0 Å². The van der Waals surface area contributed by atoms with Crippen molar-refractivity contribution in [2.24, 2.45) is 0 Å². The van der Waals surface area contributed by atoms with Gasteiger partial charge < -0.3 is 14.2 Å². The van der Waals surface area contributed by atoms with E-state index in [1.165, 1.54) is 13.2 Å². The van der Waals surface area contributed by atoms with Crippen LogP contribution in [0.4, 0.5) is 0 Å². The first-order valence-corrected chi connectivity index (χ1v) is 9.39. The fourth-order valence-electron chi connectivity index (χ4n) is 2.68. The first-order valence-electron chi connectivity index (χ1n) is 7.33. The Balaban J connectivity index is 1.94. The van der Waals surface area contributed by atoms with Crippen LogP contribution in [0.5, 0.6) is 0 Å². The zero-order valence-corrected chi connectivity index (χ0v) is 14.1. The summed E-state index contributed by atoms with van der Waals surface area (Å²) in [6.07, 6.45) is 3.72. The normalized spacial score (nSPS) is 19.5. The minimum Gasteiger partial charge on any atom is -0.444 e. The average molecular weight is 329 g/mol. The Hall–Kier alpha value is -1.41. The van der Waals surface area contributed by atoms with Gasteiger partial charge in [0.15, 0.2) is 0 Å². The van der Waals surface area contributed by atoms with Crippen LogP contribution in [-0.4, -0.2) is 66.8 Å². The number of aromatic nitrogens is 1. The van der Waals surface area contributed by atoms with Crippen LogP contribution < -0.4 is 0 Å². The zero-order valence-electron chi connectivity index (χ0n) is 13.3. The molecule has 0 aromatic carbocycles. The van der Waals surface area contributed by atoms with Crippen molar-refractivity contribution in [3.05, 3.63) is 17.8 Å². The van der Waals surface area contributed by atoms with Crippen molar-refractivity contribution in [1.82, 2.24) is 14.8 Å². The second-order valence-electron chi connectivity index (χ2n) is 5.88. The lowest BCUT2D eigenvalue weighted by Crippen LogP contribution is -2.40. The summed E-state index contributed by atoms with van der Waals surface area (Å²) in [5, 5.41) is 0. The van der Waals surface area contributed by atoms with Crippen LogP contribution in [0, 0.1) is 6.92 Å². The summed E-state index contributed by atoms with van der Waals surface area (Å²) in [5.74, 6) is 1.38. The highest BCUT2D eigenvalue weighted by molar-refractivity contribution is 7.90. The smallest absolute Gasteiger partial charge is 0.220 e. The summed E-state index contributed by atoms with van der Waals surface area (Å²) in [7, 11) is -2.96. The van der Waals surface area contributed by atoms with Crippen LogP contribution in [0.2, 0.25) is 0 Å². The van der Waals surface area contributed by atoms with Gasteiger partial charge in [-0.15, -0.1) is 0 Å². The van der Waals surface area contributed by atoms with E-state index in [0.29, 0.717) is 25.5 Å². The summed E-state index contributed by atoms with van der Waals surface area (Å²) in [6.45, 7) is 5.71. The maximum Gasteiger partial charge on any atom is 0.220 e. The minimum absolute atomic E-state index is 0.0224. The van der Waals surface area contributed by atoms with Gasteiger partial charge in [-0.05, 0) is 13.3 Å². The Labute approximate surface area is 131 Å². The largest absolute Gasteiger partial charge is 0.444 e. The van der Waals surface area contributed by atoms with Crippen molar-refractivity contribution >= 4 is 15.7 Å². The molecule has 0 bridgehead atoms. The fourth-order valence-corrected chi connectivity index (χ4v) is 3.27. The van der Waals surface area contributed by atoms with Crippen LogP contribution in [-0.2, 0) is 21.2 Å². The summed E-state index contributed by atoms with van der Waals surface area (Å²) in [6, 6.07) is 0.0734. The average Bonchev–Trinajstić information content (AvgIpc) is 3.01. The highest BCUT2D eigenvalue weighted by atomic mass is 32.2. The lowest BCUT2D eigenvalue weighted by molar-refractivity contribution is -0.132. The molecule has 2 heterocycles. The number of rotatable bonds is 6. The van der Waals surface area contributed by atoms with E-state index in [0.717, 1.165) is 18.7 Å². The van der Waals surface area contributed by atoms with Crippen molar-refractivity contribution < 1.29 is 17.6 Å². The Bertz CT molecular complexity index is 626. The van der Waals surface area contributed by atoms with E-state index in [4.69, 9.17) is 4.42 Å². The van der Waals surface area contributed by atoms with E-state index in [2.05, 4.69) is 9.88 Å². The van der Waals surface area contributed by atoms with E-state index >= 15 is 0 Å². The maximum absolute atomic E-state index is 11.9. The van der Waals surface area contributed by atoms with E-state index in [1.54, 1.807) is 11.1 Å². The second-order valence-corrected chi connectivity index (χ2v) is 8.14. The molecular formula is C14H23N3O4S. The number of oxazole rings is 1. The molecule has 8 heteroatoms. The molecule has 0 N–H and O–H groups in total. The summed E-state index contributed by atoms with van der Waals surface area (Å²) < 4.78 is 27.9. The molecule has 0 saturated carbocycles. The van der Waals surface area contributed by atoms with Crippen LogP contribution in [0.25, 0.3) is 0 Å². The van der Waals surface area contributed by atoms with Crippen molar-refractivity contribution in [2.75, 3.05) is 31.6 Å². The number of likely N-dealkylation sites (tertiary alicyclic amines) is 1. The molecular weight excluding hydrogens is 306 g/mol. The van der Waals surface area contributed by atoms with Crippen molar-refractivity contribution in [3.63, 3.8) is 0 Å². The molecule has 0 radical (unpaired) electrons. The maximum atomic E-state index is 11.9. The molecule has 1 aliphatic rings. The number of amides is 1. The Morgan fingerprint density at radius 2 is 2.27 bits per heavy atom. The molecule has 22 heavy (non-hydrogen) atoms. The number of carbonyl (C=O) groups is 1. The van der Waals surface area contributed by atoms with E-state index in [9.17, 15) is 13.2 Å². The lowest BCUT2D eigenvalue weighted by atomic mass is 10.2. The lowest BCUT2D eigenvalue weighted by Gasteiger charge is -2.27. The second kappa shape index (κ2) is 6.78. The molecule has 124 valence electrons. The van der Waals surface area contributed by atoms with Gasteiger partial charge in [0.1, 0.15) is 15.6 Å². The van der Waals surface area contributed by atoms with E-state index in [1.807, 2.05) is 6.92 Å². The number of hydrogen-bond donors (Lipinski definition) is 0. The molecule has 1 atom stereocenters. The first-order chi connectivity index (χ1) is 10.2. The van der Waals surface area contributed by atoms with Gasteiger partial charge in [-0.3, -0.25) is 4.79 Å². The molecule has 1 amide bonds. The summed E-state index contributed by atoms with van der Waals surface area (Å²) >= 11 is 0. The van der Waals surface area contributed by atoms with Crippen LogP contribution in [0.1, 0.15) is 25.0 Å². The van der Waals surface area contributed by atoms with E-state index < -0.39 is 9.84 Å². The fraction of sp³-hybridized carbons (Fsp3) is 0.714. The molecule has 0 spiro atoms. The third kappa shape index (κ3) is 4.81. The molecule has 1 aliphatic heterocycles. The van der Waals surface area contributed by atoms with E-state index in [-0.39, 0.29) is 17.7 Å². The standard InChI is InChI=1S/C14H23N3O4S/c1-11-8-15-14(21-11)10-17(12(2)18)13-4-5-16(9-13)6-7-22(3,19)20/h8,13H,4-7,9-10H2,1-3H3/t13-/m0/s1. The summed E-state index contributed by atoms with van der Waals surface area (Å²) in [5.41, 5.74) is 0. The van der Waals surface area contributed by atoms with Crippen molar-refractivity contribution in [1.29, 1.82) is 0 Å². The van der Waals surface area contributed by atoms with Crippen LogP contribution in [0.3, 0.4) is 0 Å². The molecule has 7 nitrogen and oxygen atoms in total. The summed E-state index contributed by atoms with van der Waals surface area (Å²) in [4.78, 5) is 19.9. The highest BCUT2D eigenvalue weighted by Crippen LogP contribution is 2.18. The molecule has 1 aromatic rings. The highest BCUT2D eigenvalue weighted by Gasteiger charge is 2.30. The quantitative estimate of drug-likeness (QED) is 0.753. The first kappa shape index (κ1) is 17.0. The van der Waals surface area contributed by atoms with Gasteiger partial charge in [-0.1, -0.05) is 0 Å². The molecule has 1 fully saturated rings. The Morgan fingerprint density at radius 3 is 2.82 bits per heavy atom. The van der Waals surface area contributed by atoms with Gasteiger partial charge in [-0.25, -0.2) is 13.4 Å². The third-order valence-corrected chi connectivity index (χ3v) is 4.77. The molecule has 1 saturated heterocycles. The molecule has 0 unspecified atom stereocenters. The predicted octanol–water partition coefficient (Wildman–Crippen LogP) is 0.450. The van der Waals surface area contributed by atoms with Gasteiger partial charge in [0.2, 0.25) is 11.8 Å². The molecule has 2 rings (SSSR count). The van der Waals surface area contributed by atoms with Gasteiger partial charge in [0, 0.05) is 38.9 Å². The van der Waals surface area contributed by atoms with Gasteiger partial charge >= 0.3 is 0 Å². The van der Waals surface area contributed by atoms with Gasteiger partial charge in [0.25, 0.3) is 0 Å². The minimum atomic E-state index is -2.96. The topological polar surface area (TPSA) is 83.7 Å². The van der Waals surface area contributed by atoms with Crippen molar-refractivity contribution in [3.8, 4) is 0 Å². The monoisotopic (exact) mass is 329 g/mol. The number of aryl methyl sites for hydroxylation is 1. The SMILES string of the molecule is CC(=O)N(Cc1ncc(C)o1)[C@H]1CCN(CCS(C)(=O)=O)C1. The van der Waals surface area contributed by atoms with Gasteiger partial charge in [0.05, 0.1) is 18.5 Å². The van der Waals surface area contributed by atoms with Crippen LogP contribution >= 0.6 is 0 Å². The number of hydrogen-bond acceptors (Lipinski definition) is 6.